The molecule has 15 heavy (non-hydrogen) atoms. The van der Waals surface area contributed by atoms with Crippen LogP contribution in [0, 0.1) is 27.8 Å². The van der Waals surface area contributed by atoms with Crippen molar-refractivity contribution >= 4 is 27.3 Å². The minimum atomic E-state index is -0.830. The summed E-state index contributed by atoms with van der Waals surface area (Å²) in [7, 11) is 0. The second-order valence-corrected chi connectivity index (χ2v) is 3.14. The average molecular weight is 273 g/mol. The fourth-order valence-electron chi connectivity index (χ4n) is 0.962. The third kappa shape index (κ3) is 2.67. The quantitative estimate of drug-likeness (QED) is 0.280. The number of rotatable bonds is 1. The third-order valence-corrected chi connectivity index (χ3v) is 1.88. The predicted octanol–water partition coefficient (Wildman–Crippen LogP) is 2.06. The molecule has 0 amide bonds. The molecule has 0 radical (unpaired) electrons. The first-order valence-corrected chi connectivity index (χ1v) is 4.96. The molecule has 0 aliphatic heterocycles. The Morgan fingerprint density at radius 2 is 2.27 bits per heavy atom. The van der Waals surface area contributed by atoms with Crippen LogP contribution >= 0.6 is 15.9 Å². The first-order valence-electron chi connectivity index (χ1n) is 3.84. The number of nitrogens with zero attached hydrogens (tertiary/aromatic N) is 1. The summed E-state index contributed by atoms with van der Waals surface area (Å²) < 4.78 is 13.1. The van der Waals surface area contributed by atoms with Crippen molar-refractivity contribution in [2.75, 3.05) is 11.1 Å². The molecule has 0 heterocycles. The van der Waals surface area contributed by atoms with Gasteiger partial charge in [-0.25, -0.2) is 4.39 Å². The van der Waals surface area contributed by atoms with E-state index < -0.39 is 22.1 Å². The zero-order valence-electron chi connectivity index (χ0n) is 7.46. The molecular formula is C9H6BrFN2O2. The number of nitro benzene ring substituents is 1. The number of hydrogen-bond donors (Lipinski definition) is 1. The molecule has 0 saturated carbocycles. The lowest BCUT2D eigenvalue weighted by atomic mass is 10.1. The van der Waals surface area contributed by atoms with E-state index in [1.165, 1.54) is 0 Å². The molecule has 0 unspecified atom stereocenters. The van der Waals surface area contributed by atoms with E-state index in [1.54, 1.807) is 0 Å². The molecule has 78 valence electrons. The molecule has 0 fully saturated rings. The van der Waals surface area contributed by atoms with Crippen molar-refractivity contribution in [2.24, 2.45) is 0 Å². The molecule has 2 N–H and O–H groups in total. The van der Waals surface area contributed by atoms with Crippen LogP contribution in [0.1, 0.15) is 5.56 Å². The Bertz CT molecular complexity index is 465. The maximum absolute atomic E-state index is 13.1. The van der Waals surface area contributed by atoms with Gasteiger partial charge in [0.15, 0.2) is 5.82 Å². The summed E-state index contributed by atoms with van der Waals surface area (Å²) in [6.45, 7) is 0. The molecule has 0 aliphatic rings. The number of benzene rings is 1. The Labute approximate surface area is 93.6 Å². The van der Waals surface area contributed by atoms with E-state index >= 15 is 0 Å². The van der Waals surface area contributed by atoms with Crippen LogP contribution < -0.4 is 5.73 Å². The highest BCUT2D eigenvalue weighted by Crippen LogP contribution is 2.25. The van der Waals surface area contributed by atoms with Crippen molar-refractivity contribution in [2.45, 2.75) is 0 Å². The fourth-order valence-corrected chi connectivity index (χ4v) is 1.10. The van der Waals surface area contributed by atoms with Gasteiger partial charge in [-0.1, -0.05) is 27.8 Å². The summed E-state index contributed by atoms with van der Waals surface area (Å²) in [4.78, 5) is 9.76. The molecule has 6 heteroatoms. The zero-order chi connectivity index (χ0) is 11.4. The molecule has 0 aromatic heterocycles. The topological polar surface area (TPSA) is 69.2 Å². The van der Waals surface area contributed by atoms with E-state index in [4.69, 9.17) is 5.73 Å². The van der Waals surface area contributed by atoms with Crippen LogP contribution in [0.2, 0.25) is 0 Å². The maximum Gasteiger partial charge on any atom is 0.296 e. The van der Waals surface area contributed by atoms with E-state index in [9.17, 15) is 14.5 Å². The van der Waals surface area contributed by atoms with Crippen LogP contribution in [0.25, 0.3) is 0 Å². The van der Waals surface area contributed by atoms with Crippen molar-refractivity contribution in [1.82, 2.24) is 0 Å². The Balaban J connectivity index is 3.29. The minimum Gasteiger partial charge on any atom is -0.391 e. The molecular weight excluding hydrogens is 267 g/mol. The van der Waals surface area contributed by atoms with Crippen LogP contribution in [-0.2, 0) is 0 Å². The van der Waals surface area contributed by atoms with E-state index in [2.05, 4.69) is 27.8 Å². The zero-order valence-corrected chi connectivity index (χ0v) is 9.04. The van der Waals surface area contributed by atoms with Gasteiger partial charge in [-0.3, -0.25) is 10.1 Å². The molecule has 0 bridgehead atoms. The molecule has 1 aromatic carbocycles. The molecule has 1 aromatic rings. The maximum atomic E-state index is 13.1. The monoisotopic (exact) mass is 272 g/mol. The lowest BCUT2D eigenvalue weighted by molar-refractivity contribution is -0.384. The molecule has 0 aliphatic carbocycles. The van der Waals surface area contributed by atoms with Crippen molar-refractivity contribution in [1.29, 1.82) is 0 Å². The fraction of sp³-hybridized carbons (Fsp3) is 0.111. The van der Waals surface area contributed by atoms with Gasteiger partial charge in [-0.2, -0.15) is 0 Å². The van der Waals surface area contributed by atoms with E-state index in [1.807, 2.05) is 0 Å². The lowest BCUT2D eigenvalue weighted by Crippen LogP contribution is -1.99. The van der Waals surface area contributed by atoms with Crippen molar-refractivity contribution in [3.63, 3.8) is 0 Å². The molecule has 4 nitrogen and oxygen atoms in total. The van der Waals surface area contributed by atoms with Gasteiger partial charge in [0.25, 0.3) is 5.69 Å². The van der Waals surface area contributed by atoms with Gasteiger partial charge in [0.2, 0.25) is 0 Å². The lowest BCUT2D eigenvalue weighted by Gasteiger charge is -1.99. The number of anilines is 1. The Morgan fingerprint density at radius 1 is 1.60 bits per heavy atom. The average Bonchev–Trinajstić information content (AvgIpc) is 2.19. The summed E-state index contributed by atoms with van der Waals surface area (Å²) in [6.07, 6.45) is 0. The van der Waals surface area contributed by atoms with Crippen LogP contribution in [0.4, 0.5) is 15.8 Å². The van der Waals surface area contributed by atoms with Crippen LogP contribution in [0.3, 0.4) is 0 Å². The van der Waals surface area contributed by atoms with Gasteiger partial charge in [-0.05, 0) is 6.07 Å². The second kappa shape index (κ2) is 4.75. The highest BCUT2D eigenvalue weighted by atomic mass is 79.9. The van der Waals surface area contributed by atoms with E-state index in [0.717, 1.165) is 12.1 Å². The standard InChI is InChI=1S/C9H6BrFN2O2/c10-3-1-2-6-4-7(11)9(12)8(5-6)13(14)15/h4-5H,3,12H2. The van der Waals surface area contributed by atoms with Gasteiger partial charge in [0, 0.05) is 11.6 Å². The van der Waals surface area contributed by atoms with Crippen molar-refractivity contribution in [3.05, 3.63) is 33.6 Å². The van der Waals surface area contributed by atoms with Crippen molar-refractivity contribution < 1.29 is 9.31 Å². The number of nitro groups is 1. The van der Waals surface area contributed by atoms with Gasteiger partial charge >= 0.3 is 0 Å². The van der Waals surface area contributed by atoms with Gasteiger partial charge in [0.05, 0.1) is 10.3 Å². The Hall–Kier alpha value is -1.61. The summed E-state index contributed by atoms with van der Waals surface area (Å²) >= 11 is 3.06. The van der Waals surface area contributed by atoms with Gasteiger partial charge in [-0.15, -0.1) is 0 Å². The summed E-state index contributed by atoms with van der Waals surface area (Å²) in [6, 6.07) is 2.21. The van der Waals surface area contributed by atoms with Crippen LogP contribution in [0.15, 0.2) is 12.1 Å². The number of nitrogen functional groups attached to an aromatic ring is 1. The number of halogens is 2. The molecule has 0 saturated heterocycles. The molecule has 0 atom stereocenters. The first-order chi connectivity index (χ1) is 7.06. The third-order valence-electron chi connectivity index (χ3n) is 1.60. The highest BCUT2D eigenvalue weighted by molar-refractivity contribution is 9.09. The second-order valence-electron chi connectivity index (χ2n) is 2.58. The predicted molar refractivity (Wildman–Crippen MR) is 58.1 cm³/mol. The van der Waals surface area contributed by atoms with E-state index in [-0.39, 0.29) is 5.56 Å². The first kappa shape index (κ1) is 11.5. The SMILES string of the molecule is Nc1c(F)cc(C#CCBr)cc1[N+](=O)[O-]. The van der Waals surface area contributed by atoms with E-state index in [0.29, 0.717) is 5.33 Å². The van der Waals surface area contributed by atoms with Crippen molar-refractivity contribution in [3.8, 4) is 11.8 Å². The van der Waals surface area contributed by atoms with Crippen LogP contribution in [0.5, 0.6) is 0 Å². The Morgan fingerprint density at radius 3 is 2.80 bits per heavy atom. The summed E-state index contributed by atoms with van der Waals surface area (Å²) in [5, 5.41) is 10.9. The van der Waals surface area contributed by atoms with Gasteiger partial charge in [0.1, 0.15) is 5.69 Å². The number of nitrogens with two attached hydrogens (primary N) is 1. The summed E-state index contributed by atoms with van der Waals surface area (Å²) in [5.41, 5.74) is 4.50. The largest absolute Gasteiger partial charge is 0.391 e. The summed E-state index contributed by atoms with van der Waals surface area (Å²) in [5.74, 6) is 4.34. The molecule has 0 spiro atoms. The highest BCUT2D eigenvalue weighted by Gasteiger charge is 2.16. The normalized spacial score (nSPS) is 9.20. The van der Waals surface area contributed by atoms with Crippen LogP contribution in [-0.4, -0.2) is 10.3 Å². The number of hydrogen-bond acceptors (Lipinski definition) is 3. The Kier molecular flexibility index (Phi) is 3.63. The van der Waals surface area contributed by atoms with Gasteiger partial charge < -0.3 is 5.73 Å². The molecule has 1 rings (SSSR count). The number of alkyl halides is 1. The minimum absolute atomic E-state index is 0.229. The smallest absolute Gasteiger partial charge is 0.296 e.